The summed E-state index contributed by atoms with van der Waals surface area (Å²) in [5, 5.41) is 0. The van der Waals surface area contributed by atoms with Gasteiger partial charge in [-0.25, -0.2) is 0 Å². The van der Waals surface area contributed by atoms with Crippen LogP contribution in [0.4, 0.5) is 0 Å². The van der Waals surface area contributed by atoms with Gasteiger partial charge in [-0.05, 0) is 13.8 Å². The average Bonchev–Trinajstić information content (AvgIpc) is 2.53. The predicted octanol–water partition coefficient (Wildman–Crippen LogP) is 0.428. The molecule has 0 aromatic heterocycles. The van der Waals surface area contributed by atoms with Crippen molar-refractivity contribution in [1.82, 2.24) is 4.90 Å². The van der Waals surface area contributed by atoms with Gasteiger partial charge in [-0.15, -0.1) is 11.8 Å². The lowest BCUT2D eigenvalue weighted by atomic mass is 10.1. The molecule has 16 heavy (non-hydrogen) atoms. The Balaban J connectivity index is 2.71. The molecule has 0 N–H and O–H groups in total. The molecule has 90 valence electrons. The fraction of sp³-hybridized carbons (Fsp3) is 0.700. The minimum Gasteiger partial charge on any atom is -0.469 e. The Morgan fingerprint density at radius 2 is 2.19 bits per heavy atom. The van der Waals surface area contributed by atoms with E-state index in [9.17, 15) is 14.4 Å². The van der Waals surface area contributed by atoms with E-state index in [-0.39, 0.29) is 12.2 Å². The number of hydrogen-bond acceptors (Lipinski definition) is 5. The Hall–Kier alpha value is -1.04. The van der Waals surface area contributed by atoms with E-state index in [0.717, 1.165) is 0 Å². The van der Waals surface area contributed by atoms with E-state index in [0.29, 0.717) is 12.2 Å². The largest absolute Gasteiger partial charge is 0.469 e. The number of rotatable bonds is 4. The zero-order chi connectivity index (χ0) is 12.3. The van der Waals surface area contributed by atoms with Crippen LogP contribution in [0.25, 0.3) is 0 Å². The van der Waals surface area contributed by atoms with Gasteiger partial charge < -0.3 is 9.64 Å². The molecule has 1 saturated heterocycles. The van der Waals surface area contributed by atoms with Crippen molar-refractivity contribution < 1.29 is 19.1 Å². The first-order valence-corrected chi connectivity index (χ1v) is 5.88. The zero-order valence-electron chi connectivity index (χ0n) is 9.56. The number of methoxy groups -OCH3 is 1. The van der Waals surface area contributed by atoms with E-state index in [2.05, 4.69) is 4.74 Å². The van der Waals surface area contributed by atoms with Crippen LogP contribution in [0.15, 0.2) is 0 Å². The van der Waals surface area contributed by atoms with E-state index in [1.54, 1.807) is 0 Å². The molecule has 0 saturated carbocycles. The minimum atomic E-state index is -0.564. The number of amides is 1. The second kappa shape index (κ2) is 4.86. The molecule has 0 aromatic carbocycles. The fourth-order valence-electron chi connectivity index (χ4n) is 1.59. The van der Waals surface area contributed by atoms with E-state index < -0.39 is 16.9 Å². The minimum absolute atomic E-state index is 0.267. The highest BCUT2D eigenvalue weighted by molar-refractivity contribution is 8.00. The van der Waals surface area contributed by atoms with Gasteiger partial charge in [-0.2, -0.15) is 0 Å². The highest BCUT2D eigenvalue weighted by atomic mass is 32.2. The van der Waals surface area contributed by atoms with Crippen LogP contribution in [0.5, 0.6) is 0 Å². The summed E-state index contributed by atoms with van der Waals surface area (Å²) in [6.45, 7) is 3.75. The molecule has 6 heteroatoms. The molecule has 1 aliphatic heterocycles. The third-order valence-corrected chi connectivity index (χ3v) is 3.98. The van der Waals surface area contributed by atoms with Gasteiger partial charge in [0.05, 0.1) is 12.0 Å². The van der Waals surface area contributed by atoms with Crippen molar-refractivity contribution in [2.24, 2.45) is 0 Å². The standard InChI is InChI=1S/C10H15NO4S/c1-10(2)11(6-12)7(5-16-10)8(13)4-9(14)15-3/h6-7H,4-5H2,1-3H3. The molecule has 1 atom stereocenters. The Labute approximate surface area is 98.5 Å². The number of nitrogens with zero attached hydrogens (tertiary/aromatic N) is 1. The number of esters is 1. The number of ketones is 1. The summed E-state index contributed by atoms with van der Waals surface area (Å²) in [4.78, 5) is 34.7. The van der Waals surface area contributed by atoms with Gasteiger partial charge in [-0.1, -0.05) is 0 Å². The van der Waals surface area contributed by atoms with Gasteiger partial charge >= 0.3 is 5.97 Å². The average molecular weight is 245 g/mol. The van der Waals surface area contributed by atoms with Crippen LogP contribution >= 0.6 is 11.8 Å². The monoisotopic (exact) mass is 245 g/mol. The lowest BCUT2D eigenvalue weighted by Crippen LogP contribution is -2.45. The van der Waals surface area contributed by atoms with Crippen LogP contribution in [-0.4, -0.2) is 46.8 Å². The van der Waals surface area contributed by atoms with Crippen molar-refractivity contribution in [3.8, 4) is 0 Å². The molecule has 0 bridgehead atoms. The van der Waals surface area contributed by atoms with Crippen molar-refractivity contribution in [2.75, 3.05) is 12.9 Å². The summed E-state index contributed by atoms with van der Waals surface area (Å²) in [7, 11) is 1.24. The molecule has 1 heterocycles. The first-order chi connectivity index (χ1) is 7.42. The topological polar surface area (TPSA) is 63.7 Å². The molecule has 0 spiro atoms. The van der Waals surface area contributed by atoms with Gasteiger partial charge in [0.2, 0.25) is 6.41 Å². The van der Waals surface area contributed by atoms with Crippen molar-refractivity contribution in [3.05, 3.63) is 0 Å². The molecule has 1 fully saturated rings. The number of thioether (sulfide) groups is 1. The highest BCUT2D eigenvalue weighted by Crippen LogP contribution is 2.38. The summed E-state index contributed by atoms with van der Waals surface area (Å²) in [6.07, 6.45) is 0.391. The molecule has 1 aliphatic rings. The van der Waals surface area contributed by atoms with Gasteiger partial charge in [0.25, 0.3) is 0 Å². The lowest BCUT2D eigenvalue weighted by Gasteiger charge is -2.30. The number of carbonyl (C=O) groups excluding carboxylic acids is 3. The summed E-state index contributed by atoms with van der Waals surface area (Å²) >= 11 is 1.53. The third kappa shape index (κ3) is 2.55. The fourth-order valence-corrected chi connectivity index (χ4v) is 2.83. The molecule has 1 rings (SSSR count). The Morgan fingerprint density at radius 1 is 1.56 bits per heavy atom. The molecular weight excluding hydrogens is 230 g/mol. The lowest BCUT2D eigenvalue weighted by molar-refractivity contribution is -0.145. The maximum absolute atomic E-state index is 11.8. The SMILES string of the molecule is COC(=O)CC(=O)C1CSC(C)(C)N1C=O. The van der Waals surface area contributed by atoms with Gasteiger partial charge in [0.15, 0.2) is 5.78 Å². The molecule has 0 radical (unpaired) electrons. The predicted molar refractivity (Wildman–Crippen MR) is 59.9 cm³/mol. The van der Waals surface area contributed by atoms with Crippen LogP contribution in [0.1, 0.15) is 20.3 Å². The zero-order valence-corrected chi connectivity index (χ0v) is 10.4. The first-order valence-electron chi connectivity index (χ1n) is 4.89. The van der Waals surface area contributed by atoms with Gasteiger partial charge in [0, 0.05) is 5.75 Å². The van der Waals surface area contributed by atoms with Crippen molar-refractivity contribution in [3.63, 3.8) is 0 Å². The van der Waals surface area contributed by atoms with E-state index in [1.807, 2.05) is 13.8 Å². The maximum Gasteiger partial charge on any atom is 0.313 e. The Kier molecular flexibility index (Phi) is 3.96. The number of hydrogen-bond donors (Lipinski definition) is 0. The van der Waals surface area contributed by atoms with Crippen molar-refractivity contribution >= 4 is 29.9 Å². The van der Waals surface area contributed by atoms with Crippen LogP contribution in [-0.2, 0) is 19.1 Å². The maximum atomic E-state index is 11.8. The van der Waals surface area contributed by atoms with Gasteiger partial charge in [-0.3, -0.25) is 14.4 Å². The normalized spacial score (nSPS) is 22.9. The number of ether oxygens (including phenoxy) is 1. The van der Waals surface area contributed by atoms with E-state index >= 15 is 0 Å². The Morgan fingerprint density at radius 3 is 2.69 bits per heavy atom. The summed E-state index contributed by atoms with van der Waals surface area (Å²) in [6, 6.07) is -0.517. The molecule has 1 amide bonds. The van der Waals surface area contributed by atoms with Crippen molar-refractivity contribution in [2.45, 2.75) is 31.2 Å². The van der Waals surface area contributed by atoms with Crippen LogP contribution in [0, 0.1) is 0 Å². The Bertz CT molecular complexity index is 316. The van der Waals surface area contributed by atoms with Gasteiger partial charge in [0.1, 0.15) is 12.5 Å². The summed E-state index contributed by atoms with van der Waals surface area (Å²) in [5.74, 6) is -0.302. The second-order valence-corrected chi connectivity index (χ2v) is 5.63. The molecule has 5 nitrogen and oxygen atoms in total. The quantitative estimate of drug-likeness (QED) is 0.408. The van der Waals surface area contributed by atoms with Crippen molar-refractivity contribution in [1.29, 1.82) is 0 Å². The molecule has 0 aliphatic carbocycles. The molecule has 1 unspecified atom stereocenters. The van der Waals surface area contributed by atoms with E-state index in [1.165, 1.54) is 23.8 Å². The van der Waals surface area contributed by atoms with Crippen LogP contribution in [0.3, 0.4) is 0 Å². The van der Waals surface area contributed by atoms with Crippen LogP contribution in [0.2, 0.25) is 0 Å². The molecule has 0 aromatic rings. The van der Waals surface area contributed by atoms with E-state index in [4.69, 9.17) is 0 Å². The summed E-state index contributed by atoms with van der Waals surface area (Å²) < 4.78 is 4.43. The second-order valence-electron chi connectivity index (χ2n) is 4.01. The first kappa shape index (κ1) is 13.0. The smallest absolute Gasteiger partial charge is 0.313 e. The van der Waals surface area contributed by atoms with Crippen LogP contribution < -0.4 is 0 Å². The summed E-state index contributed by atoms with van der Waals surface area (Å²) in [5.41, 5.74) is 0. The highest BCUT2D eigenvalue weighted by Gasteiger charge is 2.42. The molecular formula is C10H15NO4S. The third-order valence-electron chi connectivity index (χ3n) is 2.58. The number of Topliss-reactive ketones (excluding diaryl/α,β-unsaturated/α-hetero) is 1. The number of carbonyl (C=O) groups is 3.